The molecule has 1 N–H and O–H groups in total. The molecular weight excluding hydrogens is 310 g/mol. The van der Waals surface area contributed by atoms with Crippen LogP contribution >= 0.6 is 0 Å². The number of amides is 1. The number of carbonyl (C=O) groups excluding carboxylic acids is 1. The Balaban J connectivity index is 1.38. The Labute approximate surface area is 147 Å². The number of rotatable bonds is 5. The Morgan fingerprint density at radius 3 is 2.68 bits per heavy atom. The number of hydrogen-bond donors (Lipinski definition) is 1. The highest BCUT2D eigenvalue weighted by atomic mass is 16.1. The molecule has 3 aromatic rings. The van der Waals surface area contributed by atoms with E-state index < -0.39 is 0 Å². The summed E-state index contributed by atoms with van der Waals surface area (Å²) in [5.41, 5.74) is 4.32. The predicted molar refractivity (Wildman–Crippen MR) is 99.4 cm³/mol. The van der Waals surface area contributed by atoms with Crippen molar-refractivity contribution in [2.24, 2.45) is 0 Å². The van der Waals surface area contributed by atoms with Gasteiger partial charge in [-0.25, -0.2) is 4.98 Å². The minimum absolute atomic E-state index is 0.0434. The van der Waals surface area contributed by atoms with Crippen molar-refractivity contribution in [2.45, 2.75) is 32.2 Å². The van der Waals surface area contributed by atoms with Crippen LogP contribution in [0.2, 0.25) is 0 Å². The topological polar surface area (TPSA) is 46.9 Å². The van der Waals surface area contributed by atoms with Gasteiger partial charge in [0.15, 0.2) is 0 Å². The van der Waals surface area contributed by atoms with Gasteiger partial charge in [-0.05, 0) is 36.1 Å². The number of anilines is 1. The van der Waals surface area contributed by atoms with E-state index in [0.29, 0.717) is 6.42 Å². The summed E-state index contributed by atoms with van der Waals surface area (Å²) in [6.07, 6.45) is 5.43. The number of nitrogens with zero attached hydrogens (tertiary/aromatic N) is 2. The number of hydrogen-bond acceptors (Lipinski definition) is 2. The van der Waals surface area contributed by atoms with E-state index in [0.717, 1.165) is 36.3 Å². The van der Waals surface area contributed by atoms with Gasteiger partial charge in [-0.2, -0.15) is 0 Å². The van der Waals surface area contributed by atoms with Crippen LogP contribution in [0, 0.1) is 0 Å². The first kappa shape index (κ1) is 15.6. The van der Waals surface area contributed by atoms with Crippen LogP contribution in [-0.4, -0.2) is 15.5 Å². The van der Waals surface area contributed by atoms with Crippen LogP contribution in [0.15, 0.2) is 60.8 Å². The zero-order chi connectivity index (χ0) is 17.1. The smallest absolute Gasteiger partial charge is 0.224 e. The lowest BCUT2D eigenvalue weighted by atomic mass is 10.1. The average Bonchev–Trinajstić information content (AvgIpc) is 3.25. The normalized spacial score (nSPS) is 12.8. The van der Waals surface area contributed by atoms with Crippen LogP contribution in [0.1, 0.15) is 24.2 Å². The van der Waals surface area contributed by atoms with Gasteiger partial charge < -0.3 is 9.88 Å². The SMILES string of the molecule is O=C(CCc1ccccc1)Nc1ccc(-c2cnc3n2CCC3)cc1. The third-order valence-corrected chi connectivity index (χ3v) is 4.67. The molecular formula is C21H21N3O. The summed E-state index contributed by atoms with van der Waals surface area (Å²) in [6.45, 7) is 1.04. The summed E-state index contributed by atoms with van der Waals surface area (Å²) in [4.78, 5) is 16.6. The summed E-state index contributed by atoms with van der Waals surface area (Å²) in [5.74, 6) is 1.22. The molecule has 2 heterocycles. The van der Waals surface area contributed by atoms with Crippen LogP contribution in [0.5, 0.6) is 0 Å². The van der Waals surface area contributed by atoms with E-state index in [1.807, 2.05) is 48.7 Å². The lowest BCUT2D eigenvalue weighted by molar-refractivity contribution is -0.116. The minimum Gasteiger partial charge on any atom is -0.328 e. The van der Waals surface area contributed by atoms with Crippen LogP contribution in [-0.2, 0) is 24.2 Å². The molecule has 1 aliphatic rings. The first-order valence-corrected chi connectivity index (χ1v) is 8.78. The van der Waals surface area contributed by atoms with Crippen molar-refractivity contribution in [1.29, 1.82) is 0 Å². The average molecular weight is 331 g/mol. The van der Waals surface area contributed by atoms with Gasteiger partial charge in [-0.3, -0.25) is 4.79 Å². The number of aromatic nitrogens is 2. The van der Waals surface area contributed by atoms with Gasteiger partial charge in [0, 0.05) is 25.1 Å². The van der Waals surface area contributed by atoms with E-state index >= 15 is 0 Å². The third kappa shape index (κ3) is 3.48. The Morgan fingerprint density at radius 2 is 1.88 bits per heavy atom. The number of aryl methyl sites for hydroxylation is 2. The molecule has 0 aliphatic carbocycles. The van der Waals surface area contributed by atoms with Crippen LogP contribution in [0.25, 0.3) is 11.3 Å². The van der Waals surface area contributed by atoms with Gasteiger partial charge in [0.2, 0.25) is 5.91 Å². The molecule has 0 radical (unpaired) electrons. The van der Waals surface area contributed by atoms with E-state index in [-0.39, 0.29) is 5.91 Å². The first-order chi connectivity index (χ1) is 12.3. The molecule has 0 fully saturated rings. The minimum atomic E-state index is 0.0434. The van der Waals surface area contributed by atoms with Crippen molar-refractivity contribution < 1.29 is 4.79 Å². The first-order valence-electron chi connectivity index (χ1n) is 8.78. The number of carbonyl (C=O) groups is 1. The second kappa shape index (κ2) is 6.93. The second-order valence-electron chi connectivity index (χ2n) is 6.43. The van der Waals surface area contributed by atoms with Gasteiger partial charge in [0.1, 0.15) is 5.82 Å². The summed E-state index contributed by atoms with van der Waals surface area (Å²) >= 11 is 0. The molecule has 0 spiro atoms. The lowest BCUT2D eigenvalue weighted by Crippen LogP contribution is -2.12. The summed E-state index contributed by atoms with van der Waals surface area (Å²) in [7, 11) is 0. The van der Waals surface area contributed by atoms with Crippen molar-refractivity contribution in [3.8, 4) is 11.3 Å². The van der Waals surface area contributed by atoms with E-state index in [9.17, 15) is 4.79 Å². The monoisotopic (exact) mass is 331 g/mol. The molecule has 4 heteroatoms. The van der Waals surface area contributed by atoms with Crippen LogP contribution < -0.4 is 5.32 Å². The summed E-state index contributed by atoms with van der Waals surface area (Å²) < 4.78 is 2.29. The zero-order valence-electron chi connectivity index (χ0n) is 14.1. The lowest BCUT2D eigenvalue weighted by Gasteiger charge is -2.08. The predicted octanol–water partition coefficient (Wildman–Crippen LogP) is 4.07. The van der Waals surface area contributed by atoms with E-state index in [2.05, 4.69) is 27.0 Å². The number of benzene rings is 2. The molecule has 1 amide bonds. The second-order valence-corrected chi connectivity index (χ2v) is 6.43. The fraction of sp³-hybridized carbons (Fsp3) is 0.238. The quantitative estimate of drug-likeness (QED) is 0.766. The highest BCUT2D eigenvalue weighted by molar-refractivity contribution is 5.91. The molecule has 0 unspecified atom stereocenters. The number of imidazole rings is 1. The molecule has 0 bridgehead atoms. The van der Waals surface area contributed by atoms with Crippen molar-refractivity contribution >= 4 is 11.6 Å². The van der Waals surface area contributed by atoms with Crippen molar-refractivity contribution in [3.63, 3.8) is 0 Å². The molecule has 1 aromatic heterocycles. The Morgan fingerprint density at radius 1 is 1.08 bits per heavy atom. The van der Waals surface area contributed by atoms with Gasteiger partial charge in [0.25, 0.3) is 0 Å². The highest BCUT2D eigenvalue weighted by Gasteiger charge is 2.16. The fourth-order valence-corrected chi connectivity index (χ4v) is 3.34. The molecule has 0 saturated heterocycles. The molecule has 2 aromatic carbocycles. The van der Waals surface area contributed by atoms with E-state index in [4.69, 9.17) is 0 Å². The van der Waals surface area contributed by atoms with Crippen molar-refractivity contribution in [2.75, 3.05) is 5.32 Å². The Hall–Kier alpha value is -2.88. The Kier molecular flexibility index (Phi) is 4.34. The van der Waals surface area contributed by atoms with Crippen LogP contribution in [0.4, 0.5) is 5.69 Å². The third-order valence-electron chi connectivity index (χ3n) is 4.67. The van der Waals surface area contributed by atoms with E-state index in [1.165, 1.54) is 17.8 Å². The maximum Gasteiger partial charge on any atom is 0.224 e. The van der Waals surface area contributed by atoms with Gasteiger partial charge in [-0.1, -0.05) is 42.5 Å². The molecule has 1 aliphatic heterocycles. The fourth-order valence-electron chi connectivity index (χ4n) is 3.34. The van der Waals surface area contributed by atoms with Gasteiger partial charge in [0.05, 0.1) is 11.9 Å². The maximum absolute atomic E-state index is 12.1. The summed E-state index contributed by atoms with van der Waals surface area (Å²) in [5, 5.41) is 2.98. The van der Waals surface area contributed by atoms with Crippen LogP contribution in [0.3, 0.4) is 0 Å². The molecule has 0 saturated carbocycles. The van der Waals surface area contributed by atoms with E-state index in [1.54, 1.807) is 0 Å². The van der Waals surface area contributed by atoms with Gasteiger partial charge >= 0.3 is 0 Å². The molecule has 4 nitrogen and oxygen atoms in total. The molecule has 4 rings (SSSR count). The van der Waals surface area contributed by atoms with Crippen molar-refractivity contribution in [1.82, 2.24) is 9.55 Å². The molecule has 0 atom stereocenters. The standard InChI is InChI=1S/C21H21N3O/c25-21(13-8-16-5-2-1-3-6-16)23-18-11-9-17(10-12-18)19-15-22-20-7-4-14-24(19)20/h1-3,5-6,9-12,15H,4,7-8,13-14H2,(H,23,25). The summed E-state index contributed by atoms with van der Waals surface area (Å²) in [6, 6.07) is 18.1. The molecule has 25 heavy (non-hydrogen) atoms. The van der Waals surface area contributed by atoms with Gasteiger partial charge in [-0.15, -0.1) is 0 Å². The largest absolute Gasteiger partial charge is 0.328 e. The number of fused-ring (bicyclic) bond motifs is 1. The Bertz CT molecular complexity index is 866. The van der Waals surface area contributed by atoms with Crippen molar-refractivity contribution in [3.05, 3.63) is 72.2 Å². The zero-order valence-corrected chi connectivity index (χ0v) is 14.1. The molecule has 126 valence electrons. The highest BCUT2D eigenvalue weighted by Crippen LogP contribution is 2.26. The maximum atomic E-state index is 12.1. The number of nitrogens with one attached hydrogen (secondary N) is 1.